The van der Waals surface area contributed by atoms with E-state index >= 15 is 0 Å². The number of anilines is 1. The molecule has 0 saturated heterocycles. The summed E-state index contributed by atoms with van der Waals surface area (Å²) in [7, 11) is 0. The third-order valence-corrected chi connectivity index (χ3v) is 4.82. The third kappa shape index (κ3) is 4.75. The van der Waals surface area contributed by atoms with Gasteiger partial charge in [0.05, 0.1) is 23.3 Å². The zero-order valence-electron chi connectivity index (χ0n) is 15.8. The SMILES string of the molecule is C/C(N=Nc1nc2ccccc2n1Cc1ccccc1)=N\Nc1ccc(Br)cc1. The van der Waals surface area contributed by atoms with E-state index in [1.807, 2.05) is 66.7 Å². The smallest absolute Gasteiger partial charge is 0.250 e. The summed E-state index contributed by atoms with van der Waals surface area (Å²) in [5, 5.41) is 12.9. The molecule has 0 aliphatic heterocycles. The predicted molar refractivity (Wildman–Crippen MR) is 121 cm³/mol. The number of halogens is 1. The molecular weight excluding hydrogens is 428 g/mol. The highest BCUT2D eigenvalue weighted by atomic mass is 79.9. The number of amidine groups is 1. The molecule has 1 heterocycles. The van der Waals surface area contributed by atoms with E-state index in [-0.39, 0.29) is 0 Å². The fraction of sp³-hybridized carbons (Fsp3) is 0.0909. The number of azo groups is 1. The molecular formula is C22H19BrN6. The maximum absolute atomic E-state index is 4.63. The standard InChI is InChI=1S/C22H19BrN6/c1-16(25-27-19-13-11-18(23)12-14-19)26-28-22-24-20-9-5-6-10-21(20)29(22)15-17-7-3-2-4-8-17/h2-14,27H,15H2,1H3/b25-16+,28-26?. The first-order chi connectivity index (χ1) is 14.2. The Balaban J connectivity index is 1.58. The fourth-order valence-electron chi connectivity index (χ4n) is 2.87. The van der Waals surface area contributed by atoms with Crippen molar-refractivity contribution in [2.24, 2.45) is 15.3 Å². The number of para-hydroxylation sites is 2. The van der Waals surface area contributed by atoms with Crippen molar-refractivity contribution < 1.29 is 0 Å². The number of aromatic nitrogens is 2. The molecule has 0 amide bonds. The second kappa shape index (κ2) is 8.79. The first kappa shape index (κ1) is 19.0. The molecule has 0 aliphatic rings. The molecule has 0 aliphatic carbocycles. The largest absolute Gasteiger partial charge is 0.303 e. The van der Waals surface area contributed by atoms with Crippen LogP contribution in [-0.4, -0.2) is 15.4 Å². The topological polar surface area (TPSA) is 66.9 Å². The first-order valence-corrected chi connectivity index (χ1v) is 9.95. The van der Waals surface area contributed by atoms with Gasteiger partial charge < -0.3 is 4.57 Å². The number of fused-ring (bicyclic) bond motifs is 1. The van der Waals surface area contributed by atoms with Gasteiger partial charge >= 0.3 is 0 Å². The number of hydrogen-bond donors (Lipinski definition) is 1. The molecule has 0 saturated carbocycles. The van der Waals surface area contributed by atoms with Crippen molar-refractivity contribution in [2.45, 2.75) is 13.5 Å². The van der Waals surface area contributed by atoms with Gasteiger partial charge in [-0.1, -0.05) is 58.4 Å². The lowest BCUT2D eigenvalue weighted by Crippen LogP contribution is -1.99. The molecule has 1 N–H and O–H groups in total. The van der Waals surface area contributed by atoms with Gasteiger partial charge in [-0.25, -0.2) is 4.98 Å². The molecule has 144 valence electrons. The average molecular weight is 447 g/mol. The number of benzene rings is 3. The van der Waals surface area contributed by atoms with E-state index in [9.17, 15) is 0 Å². The van der Waals surface area contributed by atoms with Crippen LogP contribution in [0.2, 0.25) is 0 Å². The highest BCUT2D eigenvalue weighted by molar-refractivity contribution is 9.10. The Morgan fingerprint density at radius 3 is 2.48 bits per heavy atom. The Morgan fingerprint density at radius 1 is 0.966 bits per heavy atom. The van der Waals surface area contributed by atoms with E-state index in [1.165, 1.54) is 5.56 Å². The summed E-state index contributed by atoms with van der Waals surface area (Å²) in [5.74, 6) is 1.06. The lowest BCUT2D eigenvalue weighted by Gasteiger charge is -2.06. The highest BCUT2D eigenvalue weighted by Crippen LogP contribution is 2.23. The van der Waals surface area contributed by atoms with E-state index in [4.69, 9.17) is 0 Å². The Hall–Kier alpha value is -3.32. The monoisotopic (exact) mass is 446 g/mol. The predicted octanol–water partition coefficient (Wildman–Crippen LogP) is 6.38. The Morgan fingerprint density at radius 2 is 1.69 bits per heavy atom. The van der Waals surface area contributed by atoms with Crippen molar-refractivity contribution in [3.8, 4) is 0 Å². The number of hydrogen-bond acceptors (Lipinski definition) is 4. The van der Waals surface area contributed by atoms with E-state index < -0.39 is 0 Å². The summed E-state index contributed by atoms with van der Waals surface area (Å²) in [5.41, 5.74) is 6.93. The van der Waals surface area contributed by atoms with Crippen LogP contribution in [0.15, 0.2) is 98.7 Å². The molecule has 0 fully saturated rings. The van der Waals surface area contributed by atoms with Crippen LogP contribution in [0.5, 0.6) is 0 Å². The van der Waals surface area contributed by atoms with Crippen molar-refractivity contribution in [3.05, 3.63) is 88.9 Å². The van der Waals surface area contributed by atoms with Crippen molar-refractivity contribution >= 4 is 44.4 Å². The molecule has 29 heavy (non-hydrogen) atoms. The molecule has 0 radical (unpaired) electrons. The maximum atomic E-state index is 4.63. The van der Waals surface area contributed by atoms with E-state index in [2.05, 4.69) is 58.4 Å². The van der Waals surface area contributed by atoms with Gasteiger partial charge in [-0.05, 0) is 48.9 Å². The molecule has 0 spiro atoms. The minimum Gasteiger partial charge on any atom is -0.303 e. The van der Waals surface area contributed by atoms with Gasteiger partial charge in [-0.3, -0.25) is 5.43 Å². The van der Waals surface area contributed by atoms with Crippen LogP contribution in [0.3, 0.4) is 0 Å². The molecule has 0 atom stereocenters. The fourth-order valence-corrected chi connectivity index (χ4v) is 3.13. The van der Waals surface area contributed by atoms with Crippen LogP contribution in [0.4, 0.5) is 11.6 Å². The molecule has 1 aromatic heterocycles. The summed E-state index contributed by atoms with van der Waals surface area (Å²) in [6, 6.07) is 26.0. The van der Waals surface area contributed by atoms with Gasteiger partial charge in [0.1, 0.15) is 0 Å². The van der Waals surface area contributed by atoms with Crippen LogP contribution < -0.4 is 5.43 Å². The molecule has 6 nitrogen and oxygen atoms in total. The van der Waals surface area contributed by atoms with Crippen LogP contribution in [-0.2, 0) is 6.54 Å². The van der Waals surface area contributed by atoms with Crippen LogP contribution in [0, 0.1) is 0 Å². The van der Waals surface area contributed by atoms with Gasteiger partial charge in [-0.15, -0.1) is 10.2 Å². The van der Waals surface area contributed by atoms with E-state index in [1.54, 1.807) is 6.92 Å². The number of nitrogens with one attached hydrogen (secondary N) is 1. The van der Waals surface area contributed by atoms with Crippen molar-refractivity contribution in [1.29, 1.82) is 0 Å². The second-order valence-electron chi connectivity index (χ2n) is 6.45. The maximum Gasteiger partial charge on any atom is 0.250 e. The quantitative estimate of drug-likeness (QED) is 0.167. The highest BCUT2D eigenvalue weighted by Gasteiger charge is 2.10. The molecule has 0 unspecified atom stereocenters. The van der Waals surface area contributed by atoms with Gasteiger partial charge in [-0.2, -0.15) is 5.10 Å². The lowest BCUT2D eigenvalue weighted by atomic mass is 10.2. The lowest BCUT2D eigenvalue weighted by molar-refractivity contribution is 0.817. The number of imidazole rings is 1. The van der Waals surface area contributed by atoms with Crippen molar-refractivity contribution in [3.63, 3.8) is 0 Å². The Kier molecular flexibility index (Phi) is 5.76. The minimum atomic E-state index is 0.506. The van der Waals surface area contributed by atoms with Crippen molar-refractivity contribution in [2.75, 3.05) is 5.43 Å². The van der Waals surface area contributed by atoms with Gasteiger partial charge in [0.15, 0.2) is 5.84 Å². The van der Waals surface area contributed by atoms with Crippen LogP contribution in [0.25, 0.3) is 11.0 Å². The van der Waals surface area contributed by atoms with Gasteiger partial charge in [0.25, 0.3) is 5.95 Å². The molecule has 4 aromatic rings. The Labute approximate surface area is 177 Å². The average Bonchev–Trinajstić information content (AvgIpc) is 3.10. The number of hydrazone groups is 1. The van der Waals surface area contributed by atoms with Crippen LogP contribution >= 0.6 is 15.9 Å². The van der Waals surface area contributed by atoms with E-state index in [0.29, 0.717) is 18.3 Å². The summed E-state index contributed by atoms with van der Waals surface area (Å²) in [6.07, 6.45) is 0. The van der Waals surface area contributed by atoms with Crippen LogP contribution in [0.1, 0.15) is 12.5 Å². The minimum absolute atomic E-state index is 0.506. The number of nitrogens with zero attached hydrogens (tertiary/aromatic N) is 5. The van der Waals surface area contributed by atoms with Gasteiger partial charge in [0, 0.05) is 4.47 Å². The summed E-state index contributed by atoms with van der Waals surface area (Å²) in [4.78, 5) is 4.63. The zero-order chi connectivity index (χ0) is 20.1. The summed E-state index contributed by atoms with van der Waals surface area (Å²) >= 11 is 3.41. The van der Waals surface area contributed by atoms with Gasteiger partial charge in [0.2, 0.25) is 0 Å². The Bertz CT molecular complexity index is 1160. The zero-order valence-corrected chi connectivity index (χ0v) is 17.4. The first-order valence-electron chi connectivity index (χ1n) is 9.16. The second-order valence-corrected chi connectivity index (χ2v) is 7.37. The molecule has 0 bridgehead atoms. The van der Waals surface area contributed by atoms with Crippen molar-refractivity contribution in [1.82, 2.24) is 9.55 Å². The normalized spacial score (nSPS) is 12.0. The van der Waals surface area contributed by atoms with E-state index in [0.717, 1.165) is 21.2 Å². The molecule has 7 heteroatoms. The molecule has 3 aromatic carbocycles. The summed E-state index contributed by atoms with van der Waals surface area (Å²) < 4.78 is 3.07. The molecule has 4 rings (SSSR count). The third-order valence-electron chi connectivity index (χ3n) is 4.29. The summed E-state index contributed by atoms with van der Waals surface area (Å²) in [6.45, 7) is 2.46. The number of rotatable bonds is 5.